The molecule has 0 fully saturated rings. The second kappa shape index (κ2) is 12.2. The molecule has 0 saturated carbocycles. The number of methoxy groups -OCH3 is 2. The third-order valence-corrected chi connectivity index (χ3v) is 7.99. The largest absolute Gasteiger partial charge is 0.480 e. The van der Waals surface area contributed by atoms with Crippen molar-refractivity contribution in [1.82, 2.24) is 19.9 Å². The van der Waals surface area contributed by atoms with Crippen LogP contribution in [-0.4, -0.2) is 45.5 Å². The lowest BCUT2D eigenvalue weighted by atomic mass is 10.1. The van der Waals surface area contributed by atoms with Gasteiger partial charge in [0.15, 0.2) is 0 Å². The zero-order chi connectivity index (χ0) is 31.6. The van der Waals surface area contributed by atoms with Crippen LogP contribution in [0, 0.1) is 0 Å². The number of fused-ring (bicyclic) bond motifs is 4. The van der Waals surface area contributed by atoms with Crippen LogP contribution < -0.4 is 9.47 Å². The van der Waals surface area contributed by atoms with Crippen LogP contribution in [-0.2, 0) is 6.61 Å². The molecule has 0 amide bonds. The Morgan fingerprint density at radius 1 is 0.630 bits per heavy atom. The number of carbonyl (C=O) groups excluding carboxylic acids is 1. The monoisotopic (exact) mass is 606 g/mol. The summed E-state index contributed by atoms with van der Waals surface area (Å²) in [5.41, 5.74) is 9.04. The minimum Gasteiger partial charge on any atom is -0.480 e. The molecule has 0 spiro atoms. The van der Waals surface area contributed by atoms with Gasteiger partial charge in [0, 0.05) is 38.1 Å². The van der Waals surface area contributed by atoms with Gasteiger partial charge in [0.2, 0.25) is 11.8 Å². The lowest BCUT2D eigenvalue weighted by Gasteiger charge is -2.08. The fourth-order valence-corrected chi connectivity index (χ4v) is 5.69. The van der Waals surface area contributed by atoms with E-state index in [1.807, 2.05) is 84.9 Å². The Balaban J connectivity index is 0.000000147. The number of aliphatic hydroxyl groups is 1. The Bertz CT molecular complexity index is 2370. The SMILES string of the molecule is COc1nc2ccccc2cc1-c1cc2cc(C=O)ccc2[nH]1.COc1nc2ccccc2cc1-c1cc2cc(CO)ccc2[nH]1. The van der Waals surface area contributed by atoms with E-state index >= 15 is 0 Å². The van der Waals surface area contributed by atoms with Crippen LogP contribution in [0.5, 0.6) is 11.8 Å². The summed E-state index contributed by atoms with van der Waals surface area (Å²) in [5, 5.41) is 13.4. The minimum absolute atomic E-state index is 0.0390. The van der Waals surface area contributed by atoms with Gasteiger partial charge in [-0.15, -0.1) is 0 Å². The molecule has 0 aliphatic carbocycles. The highest BCUT2D eigenvalue weighted by atomic mass is 16.5. The molecule has 4 aromatic heterocycles. The number of hydrogen-bond donors (Lipinski definition) is 3. The number of ether oxygens (including phenoxy) is 2. The van der Waals surface area contributed by atoms with Crippen molar-refractivity contribution >= 4 is 49.9 Å². The molecule has 0 aliphatic heterocycles. The summed E-state index contributed by atoms with van der Waals surface area (Å²) in [6, 6.07) is 35.6. The van der Waals surface area contributed by atoms with Crippen molar-refractivity contribution in [1.29, 1.82) is 0 Å². The Hall–Kier alpha value is -5.99. The number of aromatic nitrogens is 4. The van der Waals surface area contributed by atoms with Crippen molar-refractivity contribution in [3.63, 3.8) is 0 Å². The molecule has 0 unspecified atom stereocenters. The van der Waals surface area contributed by atoms with Crippen LogP contribution in [0.2, 0.25) is 0 Å². The first-order valence-electron chi connectivity index (χ1n) is 14.8. The number of rotatable bonds is 6. The van der Waals surface area contributed by atoms with Gasteiger partial charge in [0.05, 0.1) is 54.4 Å². The molecule has 226 valence electrons. The lowest BCUT2D eigenvalue weighted by molar-refractivity contribution is 0.112. The zero-order valence-corrected chi connectivity index (χ0v) is 25.2. The fourth-order valence-electron chi connectivity index (χ4n) is 5.69. The molecule has 4 heterocycles. The van der Waals surface area contributed by atoms with Gasteiger partial charge >= 0.3 is 0 Å². The summed E-state index contributed by atoms with van der Waals surface area (Å²) in [4.78, 5) is 26.9. The quantitative estimate of drug-likeness (QED) is 0.165. The van der Waals surface area contributed by atoms with E-state index in [1.165, 1.54) is 0 Å². The van der Waals surface area contributed by atoms with E-state index in [2.05, 4.69) is 38.1 Å². The molecule has 8 nitrogen and oxygen atoms in total. The van der Waals surface area contributed by atoms with E-state index in [9.17, 15) is 9.90 Å². The maximum absolute atomic E-state index is 10.9. The normalized spacial score (nSPS) is 11.1. The van der Waals surface area contributed by atoms with Gasteiger partial charge in [0.1, 0.15) is 6.29 Å². The van der Waals surface area contributed by atoms with Gasteiger partial charge in [-0.25, -0.2) is 9.97 Å². The number of nitrogens with zero attached hydrogens (tertiary/aromatic N) is 2. The summed E-state index contributed by atoms with van der Waals surface area (Å²) in [7, 11) is 3.25. The first-order chi connectivity index (χ1) is 22.6. The van der Waals surface area contributed by atoms with Crippen molar-refractivity contribution in [3.8, 4) is 34.3 Å². The number of aromatic amines is 2. The highest BCUT2D eigenvalue weighted by molar-refractivity contribution is 5.94. The molecule has 8 rings (SSSR count). The van der Waals surface area contributed by atoms with E-state index in [0.29, 0.717) is 17.3 Å². The van der Waals surface area contributed by atoms with Crippen LogP contribution in [0.4, 0.5) is 0 Å². The number of nitrogens with one attached hydrogen (secondary N) is 2. The molecule has 8 heteroatoms. The molecule has 0 aliphatic rings. The Labute approximate surface area is 264 Å². The zero-order valence-electron chi connectivity index (χ0n) is 25.2. The van der Waals surface area contributed by atoms with E-state index in [4.69, 9.17) is 9.47 Å². The molecule has 46 heavy (non-hydrogen) atoms. The standard InChI is InChI=1S/C19H16N2O2.C19H14N2O2/c2*1-23-19-15(9-13-4-2-3-5-16(13)21-19)18-10-14-8-12(11-22)6-7-17(14)20-18/h2-10,20,22H,11H2,1H3;2-11,20H,1H3. The average molecular weight is 607 g/mol. The lowest BCUT2D eigenvalue weighted by Crippen LogP contribution is -1.92. The van der Waals surface area contributed by atoms with Gasteiger partial charge in [-0.2, -0.15) is 0 Å². The Kier molecular flexibility index (Phi) is 7.62. The molecule has 0 saturated heterocycles. The average Bonchev–Trinajstić information content (AvgIpc) is 3.74. The molecule has 3 N–H and O–H groups in total. The van der Waals surface area contributed by atoms with Crippen LogP contribution in [0.25, 0.3) is 66.1 Å². The van der Waals surface area contributed by atoms with Crippen LogP contribution >= 0.6 is 0 Å². The van der Waals surface area contributed by atoms with Crippen molar-refractivity contribution in [2.45, 2.75) is 6.61 Å². The van der Waals surface area contributed by atoms with Crippen molar-refractivity contribution in [2.24, 2.45) is 0 Å². The third-order valence-electron chi connectivity index (χ3n) is 7.99. The fraction of sp³-hybridized carbons (Fsp3) is 0.0789. The number of pyridine rings is 2. The maximum Gasteiger partial charge on any atom is 0.223 e. The summed E-state index contributed by atoms with van der Waals surface area (Å²) in [6.45, 7) is 0.0390. The molecule has 0 atom stereocenters. The highest BCUT2D eigenvalue weighted by Crippen LogP contribution is 2.34. The van der Waals surface area contributed by atoms with Gasteiger partial charge in [-0.1, -0.05) is 42.5 Å². The van der Waals surface area contributed by atoms with E-state index < -0.39 is 0 Å². The predicted molar refractivity (Wildman–Crippen MR) is 182 cm³/mol. The molecule has 0 bridgehead atoms. The van der Waals surface area contributed by atoms with Crippen molar-refractivity contribution in [3.05, 3.63) is 120 Å². The van der Waals surface area contributed by atoms with E-state index in [1.54, 1.807) is 20.3 Å². The Morgan fingerprint density at radius 3 is 1.67 bits per heavy atom. The number of aliphatic hydroxyl groups excluding tert-OH is 1. The highest BCUT2D eigenvalue weighted by Gasteiger charge is 2.14. The van der Waals surface area contributed by atoms with E-state index in [-0.39, 0.29) is 6.61 Å². The molecular formula is C38H30N4O4. The number of H-pyrrole nitrogens is 2. The van der Waals surface area contributed by atoms with Crippen molar-refractivity contribution in [2.75, 3.05) is 14.2 Å². The van der Waals surface area contributed by atoms with Crippen LogP contribution in [0.3, 0.4) is 0 Å². The number of benzene rings is 4. The second-order valence-electron chi connectivity index (χ2n) is 10.9. The second-order valence-corrected chi connectivity index (χ2v) is 10.9. The Morgan fingerprint density at radius 2 is 1.15 bits per heavy atom. The number of aldehydes is 1. The first kappa shape index (κ1) is 28.8. The first-order valence-corrected chi connectivity index (χ1v) is 14.8. The van der Waals surface area contributed by atoms with Gasteiger partial charge < -0.3 is 24.5 Å². The number of para-hydroxylation sites is 2. The molecule has 4 aromatic carbocycles. The van der Waals surface area contributed by atoms with Gasteiger partial charge in [0.25, 0.3) is 0 Å². The predicted octanol–water partition coefficient (Wildman–Crippen LogP) is 8.09. The molecular weight excluding hydrogens is 576 g/mol. The minimum atomic E-state index is 0.0390. The van der Waals surface area contributed by atoms with Crippen LogP contribution in [0.15, 0.2) is 109 Å². The van der Waals surface area contributed by atoms with Crippen molar-refractivity contribution < 1.29 is 19.4 Å². The number of hydrogen-bond acceptors (Lipinski definition) is 6. The molecule has 8 aromatic rings. The van der Waals surface area contributed by atoms with E-state index in [0.717, 1.165) is 78.0 Å². The topological polar surface area (TPSA) is 113 Å². The smallest absolute Gasteiger partial charge is 0.223 e. The van der Waals surface area contributed by atoms with Gasteiger partial charge in [-0.3, -0.25) is 4.79 Å². The summed E-state index contributed by atoms with van der Waals surface area (Å²) >= 11 is 0. The summed E-state index contributed by atoms with van der Waals surface area (Å²) < 4.78 is 10.9. The van der Waals surface area contributed by atoms with Gasteiger partial charge in [-0.05, 0) is 72.3 Å². The summed E-state index contributed by atoms with van der Waals surface area (Å²) in [5.74, 6) is 1.17. The third kappa shape index (κ3) is 5.42. The summed E-state index contributed by atoms with van der Waals surface area (Å²) in [6.07, 6.45) is 0.851. The van der Waals surface area contributed by atoms with Crippen LogP contribution in [0.1, 0.15) is 15.9 Å². The maximum atomic E-state index is 10.9. The number of carbonyl (C=O) groups is 1. The molecule has 0 radical (unpaired) electrons.